The van der Waals surface area contributed by atoms with Gasteiger partial charge in [0.25, 0.3) is 0 Å². The first kappa shape index (κ1) is 16.5. The van der Waals surface area contributed by atoms with E-state index in [-0.39, 0.29) is 11.5 Å². The molecule has 0 saturated carbocycles. The molecule has 0 bridgehead atoms. The molecule has 3 nitrogen and oxygen atoms in total. The highest BCUT2D eigenvalue weighted by Crippen LogP contribution is 2.45. The molecule has 2 aromatic carbocycles. The van der Waals surface area contributed by atoms with Crippen LogP contribution in [-0.4, -0.2) is 29.3 Å². The summed E-state index contributed by atoms with van der Waals surface area (Å²) in [6, 6.07) is 17.3. The molecule has 5 rings (SSSR count). The van der Waals surface area contributed by atoms with E-state index in [1.165, 1.54) is 22.1 Å². The van der Waals surface area contributed by atoms with E-state index in [4.69, 9.17) is 0 Å². The van der Waals surface area contributed by atoms with Gasteiger partial charge in [0, 0.05) is 35.0 Å². The first-order valence-electron chi connectivity index (χ1n) is 9.83. The van der Waals surface area contributed by atoms with Crippen molar-refractivity contribution in [3.05, 3.63) is 77.5 Å². The maximum Gasteiger partial charge on any atom is 0.121 e. The van der Waals surface area contributed by atoms with Crippen LogP contribution in [0, 0.1) is 0 Å². The first-order valence-corrected chi connectivity index (χ1v) is 9.83. The van der Waals surface area contributed by atoms with Crippen LogP contribution in [0.15, 0.2) is 60.8 Å². The second-order valence-corrected chi connectivity index (χ2v) is 7.82. The largest absolute Gasteiger partial charge is 0.361 e. The average Bonchev–Trinajstić information content (AvgIpc) is 3.30. The van der Waals surface area contributed by atoms with Gasteiger partial charge in [-0.1, -0.05) is 54.6 Å². The van der Waals surface area contributed by atoms with Crippen molar-refractivity contribution in [2.45, 2.75) is 30.7 Å². The van der Waals surface area contributed by atoms with Gasteiger partial charge in [-0.15, -0.1) is 0 Å². The van der Waals surface area contributed by atoms with Crippen LogP contribution in [0.1, 0.15) is 42.0 Å². The van der Waals surface area contributed by atoms with Crippen molar-refractivity contribution >= 4 is 23.3 Å². The summed E-state index contributed by atoms with van der Waals surface area (Å²) in [5.74, 6) is 0. The topological polar surface area (TPSA) is 36.1 Å². The Bertz CT molecular complexity index is 1010. The van der Waals surface area contributed by atoms with Gasteiger partial charge in [-0.3, -0.25) is 4.90 Å². The van der Waals surface area contributed by atoms with Gasteiger partial charge in [-0.05, 0) is 48.7 Å². The second kappa shape index (κ2) is 6.50. The Morgan fingerprint density at radius 1 is 1.07 bits per heavy atom. The van der Waals surface area contributed by atoms with Gasteiger partial charge in [0.15, 0.2) is 0 Å². The summed E-state index contributed by atoms with van der Waals surface area (Å²) in [5, 5.41) is 1.23. The number of nitrogens with one attached hydrogen (secondary N) is 1. The number of piperidine rings is 1. The molecule has 1 aromatic heterocycles. The number of hydrogen-bond donors (Lipinski definition) is 1. The molecule has 1 aliphatic heterocycles. The van der Waals surface area contributed by atoms with Crippen LogP contribution >= 0.6 is 0 Å². The van der Waals surface area contributed by atoms with Crippen LogP contribution in [0.4, 0.5) is 0 Å². The molecule has 2 aliphatic rings. The number of hydrogen-bond acceptors (Lipinski definition) is 2. The Balaban J connectivity index is 1.42. The average molecular weight is 356 g/mol. The van der Waals surface area contributed by atoms with Crippen molar-refractivity contribution in [3.63, 3.8) is 0 Å². The van der Waals surface area contributed by atoms with E-state index in [1.807, 2.05) is 6.07 Å². The van der Waals surface area contributed by atoms with Crippen molar-refractivity contribution in [1.82, 2.24) is 9.88 Å². The SMILES string of the molecule is O=CCC(c1c[nH]c2ccccc12)N1CCC2(C=Cc3ccccc32)CC1. The summed E-state index contributed by atoms with van der Waals surface area (Å²) in [6.45, 7) is 2.02. The quantitative estimate of drug-likeness (QED) is 0.678. The maximum atomic E-state index is 11.5. The summed E-state index contributed by atoms with van der Waals surface area (Å²) >= 11 is 0. The molecule has 1 fully saturated rings. The molecule has 0 amide bonds. The van der Waals surface area contributed by atoms with Gasteiger partial charge >= 0.3 is 0 Å². The number of carbonyl (C=O) groups is 1. The molecule has 1 spiro atoms. The molecule has 1 saturated heterocycles. The van der Waals surface area contributed by atoms with Gasteiger partial charge < -0.3 is 9.78 Å². The van der Waals surface area contributed by atoms with E-state index >= 15 is 0 Å². The molecular formula is C24H24N2O. The predicted molar refractivity (Wildman–Crippen MR) is 110 cm³/mol. The molecule has 1 N–H and O–H groups in total. The zero-order valence-corrected chi connectivity index (χ0v) is 15.4. The van der Waals surface area contributed by atoms with Crippen LogP contribution in [0.25, 0.3) is 17.0 Å². The highest BCUT2D eigenvalue weighted by Gasteiger charge is 2.39. The van der Waals surface area contributed by atoms with Gasteiger partial charge in [0.1, 0.15) is 6.29 Å². The van der Waals surface area contributed by atoms with Crippen LogP contribution in [-0.2, 0) is 10.2 Å². The van der Waals surface area contributed by atoms with Gasteiger partial charge in [0.05, 0.1) is 0 Å². The fraction of sp³-hybridized carbons (Fsp3) is 0.292. The lowest BCUT2D eigenvalue weighted by Gasteiger charge is -2.42. The monoisotopic (exact) mass is 356 g/mol. The Morgan fingerprint density at radius 2 is 1.85 bits per heavy atom. The summed E-state index contributed by atoms with van der Waals surface area (Å²) in [5.41, 5.74) is 5.41. The number of H-pyrrole nitrogens is 1. The third kappa shape index (κ3) is 2.65. The van der Waals surface area contributed by atoms with E-state index in [1.54, 1.807) is 0 Å². The standard InChI is InChI=1S/C24H24N2O/c27-16-10-23(20-17-25-22-8-4-2-6-19(20)22)26-14-12-24(13-15-26)11-9-18-5-1-3-7-21(18)24/h1-9,11,16-17,23,25H,10,12-15H2. The molecule has 1 aliphatic carbocycles. The van der Waals surface area contributed by atoms with E-state index in [0.717, 1.165) is 37.7 Å². The molecule has 2 heterocycles. The molecule has 136 valence electrons. The molecule has 1 unspecified atom stereocenters. The molecule has 1 atom stereocenters. The number of allylic oxidation sites excluding steroid dienone is 1. The highest BCUT2D eigenvalue weighted by atomic mass is 16.1. The second-order valence-electron chi connectivity index (χ2n) is 7.82. The summed E-state index contributed by atoms with van der Waals surface area (Å²) in [7, 11) is 0. The van der Waals surface area contributed by atoms with Crippen molar-refractivity contribution in [3.8, 4) is 0 Å². The van der Waals surface area contributed by atoms with Gasteiger partial charge in [-0.25, -0.2) is 0 Å². The van der Waals surface area contributed by atoms with Crippen molar-refractivity contribution in [2.75, 3.05) is 13.1 Å². The number of aromatic amines is 1. The number of aromatic nitrogens is 1. The number of fused-ring (bicyclic) bond motifs is 3. The Hall–Kier alpha value is -2.65. The lowest BCUT2D eigenvalue weighted by atomic mass is 9.74. The third-order valence-corrected chi connectivity index (χ3v) is 6.51. The zero-order chi connectivity index (χ0) is 18.3. The number of carbonyl (C=O) groups excluding carboxylic acids is 1. The Labute approximate surface area is 159 Å². The first-order chi connectivity index (χ1) is 13.3. The van der Waals surface area contributed by atoms with Gasteiger partial charge in [-0.2, -0.15) is 0 Å². The van der Waals surface area contributed by atoms with E-state index in [0.29, 0.717) is 6.42 Å². The van der Waals surface area contributed by atoms with E-state index in [9.17, 15) is 4.79 Å². The van der Waals surface area contributed by atoms with Crippen LogP contribution in [0.5, 0.6) is 0 Å². The minimum atomic E-state index is 0.150. The maximum absolute atomic E-state index is 11.5. The number of benzene rings is 2. The van der Waals surface area contributed by atoms with Crippen LogP contribution < -0.4 is 0 Å². The van der Waals surface area contributed by atoms with E-state index in [2.05, 4.69) is 70.7 Å². The summed E-state index contributed by atoms with van der Waals surface area (Å²) < 4.78 is 0. The van der Waals surface area contributed by atoms with Crippen LogP contribution in [0.3, 0.4) is 0 Å². The molecule has 27 heavy (non-hydrogen) atoms. The van der Waals surface area contributed by atoms with Gasteiger partial charge in [0.2, 0.25) is 0 Å². The number of nitrogens with zero attached hydrogens (tertiary/aromatic N) is 1. The van der Waals surface area contributed by atoms with Crippen molar-refractivity contribution < 1.29 is 4.79 Å². The van der Waals surface area contributed by atoms with Crippen molar-refractivity contribution in [2.24, 2.45) is 0 Å². The normalized spacial score (nSPS) is 19.4. The van der Waals surface area contributed by atoms with Crippen LogP contribution in [0.2, 0.25) is 0 Å². The smallest absolute Gasteiger partial charge is 0.121 e. The Morgan fingerprint density at radius 3 is 2.70 bits per heavy atom. The number of likely N-dealkylation sites (tertiary alicyclic amines) is 1. The minimum Gasteiger partial charge on any atom is -0.361 e. The molecule has 0 radical (unpaired) electrons. The minimum absolute atomic E-state index is 0.150. The van der Waals surface area contributed by atoms with E-state index < -0.39 is 0 Å². The zero-order valence-electron chi connectivity index (χ0n) is 15.4. The fourth-order valence-electron chi connectivity index (χ4n) is 5.04. The lowest BCUT2D eigenvalue weighted by molar-refractivity contribution is -0.109. The van der Waals surface area contributed by atoms with Crippen molar-refractivity contribution in [1.29, 1.82) is 0 Å². The summed E-state index contributed by atoms with van der Waals surface area (Å²) in [4.78, 5) is 17.3. The number of aldehydes is 1. The Kier molecular flexibility index (Phi) is 3.98. The predicted octanol–water partition coefficient (Wildman–Crippen LogP) is 4.86. The fourth-order valence-corrected chi connectivity index (χ4v) is 5.04. The number of rotatable bonds is 4. The third-order valence-electron chi connectivity index (χ3n) is 6.51. The molecule has 3 aromatic rings. The number of para-hydroxylation sites is 1. The molecule has 3 heteroatoms. The highest BCUT2D eigenvalue weighted by molar-refractivity contribution is 5.84. The summed E-state index contributed by atoms with van der Waals surface area (Å²) in [6.07, 6.45) is 10.6. The molecular weight excluding hydrogens is 332 g/mol. The lowest BCUT2D eigenvalue weighted by Crippen LogP contribution is -2.42.